The van der Waals surface area contributed by atoms with Gasteiger partial charge in [-0.25, -0.2) is 4.98 Å². The zero-order valence-electron chi connectivity index (χ0n) is 19.6. The van der Waals surface area contributed by atoms with Crippen LogP contribution in [0.2, 0.25) is 0 Å². The first-order chi connectivity index (χ1) is 17.2. The van der Waals surface area contributed by atoms with E-state index in [-0.39, 0.29) is 23.4 Å². The van der Waals surface area contributed by atoms with Crippen molar-refractivity contribution in [1.29, 1.82) is 0 Å². The van der Waals surface area contributed by atoms with Gasteiger partial charge < -0.3 is 14.4 Å². The van der Waals surface area contributed by atoms with Gasteiger partial charge in [-0.15, -0.1) is 11.6 Å². The maximum atomic E-state index is 13.2. The van der Waals surface area contributed by atoms with Gasteiger partial charge in [0.25, 0.3) is 0 Å². The lowest BCUT2D eigenvalue weighted by molar-refractivity contribution is -0.137. The fourth-order valence-corrected chi connectivity index (χ4v) is 4.25. The number of nitrogens with one attached hydrogen (secondary N) is 2. The maximum absolute atomic E-state index is 13.2. The molecule has 0 spiro atoms. The first-order valence-electron chi connectivity index (χ1n) is 11.2. The number of furan rings is 1. The molecule has 2 heterocycles. The minimum atomic E-state index is -4.52. The van der Waals surface area contributed by atoms with E-state index in [1.165, 1.54) is 24.6 Å². The second kappa shape index (κ2) is 10.9. The molecule has 2 aromatic heterocycles. The summed E-state index contributed by atoms with van der Waals surface area (Å²) in [5.41, 5.74) is 5.85. The number of halogens is 4. The molecule has 0 saturated heterocycles. The van der Waals surface area contributed by atoms with Crippen molar-refractivity contribution < 1.29 is 27.5 Å². The fraction of sp³-hybridized carbons (Fsp3) is 0.269. The third-order valence-electron chi connectivity index (χ3n) is 5.84. The fourth-order valence-electron chi connectivity index (χ4n) is 4.05. The monoisotopic (exact) mass is 519 g/mol. The Morgan fingerprint density at radius 3 is 2.64 bits per heavy atom. The summed E-state index contributed by atoms with van der Waals surface area (Å²) in [6, 6.07) is 12.0. The number of alkyl halides is 4. The van der Waals surface area contributed by atoms with E-state index in [0.29, 0.717) is 23.1 Å². The average molecular weight is 520 g/mol. The summed E-state index contributed by atoms with van der Waals surface area (Å²) in [5.74, 6) is 0.289. The highest BCUT2D eigenvalue weighted by atomic mass is 35.5. The van der Waals surface area contributed by atoms with Crippen molar-refractivity contribution in [2.24, 2.45) is 0 Å². The van der Waals surface area contributed by atoms with Crippen LogP contribution in [0, 0.1) is 13.8 Å². The quantitative estimate of drug-likeness (QED) is 0.130. The van der Waals surface area contributed by atoms with E-state index in [2.05, 4.69) is 21.8 Å². The van der Waals surface area contributed by atoms with Gasteiger partial charge in [0.1, 0.15) is 17.4 Å². The van der Waals surface area contributed by atoms with Crippen LogP contribution in [-0.2, 0) is 12.6 Å². The first-order valence-corrected chi connectivity index (χ1v) is 11.7. The number of hydrogen-bond donors (Lipinski definition) is 3. The summed E-state index contributed by atoms with van der Waals surface area (Å²) in [6.45, 7) is 4.04. The normalized spacial score (nSPS) is 13.6. The van der Waals surface area contributed by atoms with Crippen LogP contribution in [-0.4, -0.2) is 22.1 Å². The molecule has 0 amide bonds. The van der Waals surface area contributed by atoms with Crippen LogP contribution in [0.1, 0.15) is 34.0 Å². The third kappa shape index (κ3) is 5.82. The van der Waals surface area contributed by atoms with Gasteiger partial charge in [0.2, 0.25) is 0 Å². The standard InChI is InChI=1S/C26H25ClF3N3O3/c1-15-6-7-17(16(2)10-15)11-19(13-27)32-25(33-34)23-22(14-31-21-8-9-35-24(21)23)36-20-5-3-4-18(12-20)26(28,29)30/h3-10,12,14,19,25,32-34H,11,13H2,1-2H3/t19-,25?/m1/s1. The van der Waals surface area contributed by atoms with Crippen LogP contribution in [0.3, 0.4) is 0 Å². The molecule has 0 saturated carbocycles. The smallest absolute Gasteiger partial charge is 0.416 e. The minimum absolute atomic E-state index is 0.0420. The van der Waals surface area contributed by atoms with E-state index in [1.54, 1.807) is 6.07 Å². The Balaban J connectivity index is 1.67. The molecule has 4 rings (SSSR count). The summed E-state index contributed by atoms with van der Waals surface area (Å²) in [7, 11) is 0. The van der Waals surface area contributed by atoms with Crippen LogP contribution in [0.25, 0.3) is 11.1 Å². The van der Waals surface area contributed by atoms with Crippen LogP contribution in [0.4, 0.5) is 13.2 Å². The van der Waals surface area contributed by atoms with E-state index in [4.69, 9.17) is 20.8 Å². The minimum Gasteiger partial charge on any atom is -0.462 e. The molecule has 6 nitrogen and oxygen atoms in total. The molecule has 1 unspecified atom stereocenters. The van der Waals surface area contributed by atoms with Crippen molar-refractivity contribution >= 4 is 22.7 Å². The highest BCUT2D eigenvalue weighted by molar-refractivity contribution is 6.18. The lowest BCUT2D eigenvalue weighted by Gasteiger charge is -2.26. The number of fused-ring (bicyclic) bond motifs is 1. The zero-order valence-corrected chi connectivity index (χ0v) is 20.3. The molecule has 36 heavy (non-hydrogen) atoms. The van der Waals surface area contributed by atoms with Crippen molar-refractivity contribution in [1.82, 2.24) is 15.8 Å². The SMILES string of the molecule is Cc1ccc(C[C@H](CCl)NC(NO)c2c(Oc3cccc(C(F)(F)F)c3)cnc3ccoc23)c(C)c1. The number of aromatic nitrogens is 1. The number of pyridine rings is 1. The third-order valence-corrected chi connectivity index (χ3v) is 6.21. The number of hydroxylamine groups is 1. The van der Waals surface area contributed by atoms with E-state index in [0.717, 1.165) is 28.8 Å². The average Bonchev–Trinajstić information content (AvgIpc) is 3.32. The summed E-state index contributed by atoms with van der Waals surface area (Å²) < 4.78 is 51.0. The van der Waals surface area contributed by atoms with Crippen LogP contribution in [0.15, 0.2) is 65.4 Å². The number of benzene rings is 2. The Kier molecular flexibility index (Phi) is 7.85. The maximum Gasteiger partial charge on any atom is 0.416 e. The van der Waals surface area contributed by atoms with Gasteiger partial charge in [-0.05, 0) is 49.6 Å². The van der Waals surface area contributed by atoms with Gasteiger partial charge in [0.05, 0.1) is 23.6 Å². The predicted octanol–water partition coefficient (Wildman–Crippen LogP) is 6.67. The molecule has 4 aromatic rings. The molecule has 10 heteroatoms. The van der Waals surface area contributed by atoms with E-state index in [9.17, 15) is 18.4 Å². The molecule has 2 aromatic carbocycles. The molecule has 0 aliphatic heterocycles. The van der Waals surface area contributed by atoms with Crippen molar-refractivity contribution in [2.45, 2.75) is 38.7 Å². The number of rotatable bonds is 9. The molecule has 3 N–H and O–H groups in total. The molecule has 0 fully saturated rings. The number of hydrogen-bond acceptors (Lipinski definition) is 6. The largest absolute Gasteiger partial charge is 0.462 e. The van der Waals surface area contributed by atoms with Gasteiger partial charge in [0, 0.05) is 18.0 Å². The van der Waals surface area contributed by atoms with E-state index < -0.39 is 17.9 Å². The van der Waals surface area contributed by atoms with Crippen molar-refractivity contribution in [3.63, 3.8) is 0 Å². The Hall–Kier alpha value is -3.11. The second-order valence-electron chi connectivity index (χ2n) is 8.51. The van der Waals surface area contributed by atoms with Crippen molar-refractivity contribution in [2.75, 3.05) is 5.88 Å². The van der Waals surface area contributed by atoms with Crippen LogP contribution >= 0.6 is 11.6 Å². The Morgan fingerprint density at radius 2 is 1.94 bits per heavy atom. The molecule has 0 radical (unpaired) electrons. The molecule has 0 aliphatic rings. The van der Waals surface area contributed by atoms with Crippen LogP contribution < -0.4 is 15.5 Å². The topological polar surface area (TPSA) is 79.5 Å². The Bertz CT molecular complexity index is 1340. The summed E-state index contributed by atoms with van der Waals surface area (Å²) in [6.07, 6.45) is -2.08. The molecular formula is C26H25ClF3N3O3. The molecule has 190 valence electrons. The lowest BCUT2D eigenvalue weighted by atomic mass is 9.99. The summed E-state index contributed by atoms with van der Waals surface area (Å²) in [4.78, 5) is 4.27. The molecule has 2 atom stereocenters. The van der Waals surface area contributed by atoms with Gasteiger partial charge in [-0.1, -0.05) is 29.8 Å². The van der Waals surface area contributed by atoms with Gasteiger partial charge >= 0.3 is 6.18 Å². The second-order valence-corrected chi connectivity index (χ2v) is 8.82. The zero-order chi connectivity index (χ0) is 25.9. The van der Waals surface area contributed by atoms with E-state index >= 15 is 0 Å². The van der Waals surface area contributed by atoms with Gasteiger partial charge in [-0.2, -0.15) is 18.7 Å². The lowest BCUT2D eigenvalue weighted by Crippen LogP contribution is -2.42. The summed E-state index contributed by atoms with van der Waals surface area (Å²) in [5, 5.41) is 13.4. The highest BCUT2D eigenvalue weighted by Crippen LogP contribution is 2.37. The van der Waals surface area contributed by atoms with Crippen molar-refractivity contribution in [3.8, 4) is 11.5 Å². The molecule has 0 bridgehead atoms. The number of nitrogens with zero attached hydrogens (tertiary/aromatic N) is 1. The predicted molar refractivity (Wildman–Crippen MR) is 130 cm³/mol. The van der Waals surface area contributed by atoms with Gasteiger partial charge in [-0.3, -0.25) is 5.32 Å². The Labute approximate surface area is 211 Å². The summed E-state index contributed by atoms with van der Waals surface area (Å²) >= 11 is 6.27. The number of aryl methyl sites for hydroxylation is 2. The van der Waals surface area contributed by atoms with Crippen molar-refractivity contribution in [3.05, 3.63) is 88.8 Å². The molecule has 0 aliphatic carbocycles. The highest BCUT2D eigenvalue weighted by Gasteiger charge is 2.31. The van der Waals surface area contributed by atoms with Gasteiger partial charge in [0.15, 0.2) is 11.3 Å². The molecular weight excluding hydrogens is 495 g/mol. The van der Waals surface area contributed by atoms with Crippen LogP contribution in [0.5, 0.6) is 11.5 Å². The van der Waals surface area contributed by atoms with E-state index in [1.807, 2.05) is 26.0 Å². The number of ether oxygens (including phenoxy) is 1. The first kappa shape index (κ1) is 26.0. The Morgan fingerprint density at radius 1 is 1.14 bits per heavy atom.